The second kappa shape index (κ2) is 7.68. The van der Waals surface area contributed by atoms with Gasteiger partial charge in [-0.3, -0.25) is 9.59 Å². The molecule has 4 rings (SSSR count). The van der Waals surface area contributed by atoms with Gasteiger partial charge in [-0.05, 0) is 55.7 Å². The van der Waals surface area contributed by atoms with E-state index in [0.29, 0.717) is 24.5 Å². The molecule has 1 saturated heterocycles. The van der Waals surface area contributed by atoms with Gasteiger partial charge in [0.15, 0.2) is 0 Å². The van der Waals surface area contributed by atoms with Crippen LogP contribution >= 0.6 is 11.3 Å². The molecule has 0 atom stereocenters. The SMILES string of the molecule is O=C(Nc1ccc(C(=O)N2CCCN(c3ccc(F)cc3)CC2)s1)C1CC1. The van der Waals surface area contributed by atoms with Crippen LogP contribution in [-0.4, -0.2) is 42.9 Å². The number of hydrogen-bond donors (Lipinski definition) is 1. The van der Waals surface area contributed by atoms with Gasteiger partial charge in [-0.25, -0.2) is 4.39 Å². The summed E-state index contributed by atoms with van der Waals surface area (Å²) in [5.41, 5.74) is 0.979. The molecule has 2 amide bonds. The first-order valence-electron chi connectivity index (χ1n) is 9.30. The molecular weight excluding hydrogens is 365 g/mol. The normalized spacial score (nSPS) is 17.5. The molecular formula is C20H22FN3O2S. The van der Waals surface area contributed by atoms with Crippen molar-refractivity contribution in [3.63, 3.8) is 0 Å². The van der Waals surface area contributed by atoms with Crippen molar-refractivity contribution in [3.8, 4) is 0 Å². The topological polar surface area (TPSA) is 52.7 Å². The number of nitrogens with one attached hydrogen (secondary N) is 1. The quantitative estimate of drug-likeness (QED) is 0.872. The van der Waals surface area contributed by atoms with Gasteiger partial charge in [0.05, 0.1) is 9.88 Å². The standard InChI is InChI=1S/C20H22FN3O2S/c21-15-4-6-16(7-5-15)23-10-1-11-24(13-12-23)20(26)17-8-9-18(27-17)22-19(25)14-2-3-14/h4-9,14H,1-3,10-13H2,(H,22,25). The second-order valence-corrected chi connectivity index (χ2v) is 8.12. The molecule has 1 aliphatic carbocycles. The van der Waals surface area contributed by atoms with Gasteiger partial charge in [0.1, 0.15) is 5.82 Å². The van der Waals surface area contributed by atoms with Crippen LogP contribution in [-0.2, 0) is 4.79 Å². The first-order chi connectivity index (χ1) is 13.1. The largest absolute Gasteiger partial charge is 0.370 e. The van der Waals surface area contributed by atoms with Crippen molar-refractivity contribution in [1.82, 2.24) is 4.90 Å². The van der Waals surface area contributed by atoms with E-state index >= 15 is 0 Å². The zero-order chi connectivity index (χ0) is 18.8. The molecule has 5 nitrogen and oxygen atoms in total. The molecule has 0 radical (unpaired) electrons. The summed E-state index contributed by atoms with van der Waals surface area (Å²) in [6.45, 7) is 2.87. The van der Waals surface area contributed by atoms with Gasteiger partial charge in [-0.15, -0.1) is 11.3 Å². The van der Waals surface area contributed by atoms with E-state index in [9.17, 15) is 14.0 Å². The van der Waals surface area contributed by atoms with Crippen molar-refractivity contribution >= 4 is 33.8 Å². The van der Waals surface area contributed by atoms with Crippen molar-refractivity contribution in [3.05, 3.63) is 47.1 Å². The van der Waals surface area contributed by atoms with Crippen LogP contribution in [0.4, 0.5) is 15.1 Å². The summed E-state index contributed by atoms with van der Waals surface area (Å²) in [7, 11) is 0. The lowest BCUT2D eigenvalue weighted by molar-refractivity contribution is -0.117. The predicted octanol–water partition coefficient (Wildman–Crippen LogP) is 3.59. The van der Waals surface area contributed by atoms with Crippen molar-refractivity contribution < 1.29 is 14.0 Å². The zero-order valence-corrected chi connectivity index (χ0v) is 15.8. The molecule has 2 heterocycles. The maximum absolute atomic E-state index is 13.1. The van der Waals surface area contributed by atoms with Crippen molar-refractivity contribution in [2.75, 3.05) is 36.4 Å². The van der Waals surface area contributed by atoms with Crippen LogP contribution in [0.3, 0.4) is 0 Å². The average molecular weight is 387 g/mol. The Morgan fingerprint density at radius 1 is 1.00 bits per heavy atom. The fraction of sp³-hybridized carbons (Fsp3) is 0.400. The predicted molar refractivity (Wildman–Crippen MR) is 105 cm³/mol. The Labute approximate surface area is 161 Å². The van der Waals surface area contributed by atoms with Crippen molar-refractivity contribution in [2.24, 2.45) is 5.92 Å². The number of benzene rings is 1. The van der Waals surface area contributed by atoms with Gasteiger partial charge in [-0.2, -0.15) is 0 Å². The van der Waals surface area contributed by atoms with Gasteiger partial charge in [-0.1, -0.05) is 0 Å². The van der Waals surface area contributed by atoms with E-state index in [1.165, 1.54) is 23.5 Å². The summed E-state index contributed by atoms with van der Waals surface area (Å²) in [6, 6.07) is 10.1. The lowest BCUT2D eigenvalue weighted by Gasteiger charge is -2.23. The number of carbonyl (C=O) groups excluding carboxylic acids is 2. The second-order valence-electron chi connectivity index (χ2n) is 7.04. The summed E-state index contributed by atoms with van der Waals surface area (Å²) in [5, 5.41) is 3.63. The molecule has 0 bridgehead atoms. The van der Waals surface area contributed by atoms with E-state index in [4.69, 9.17) is 0 Å². The highest BCUT2D eigenvalue weighted by molar-refractivity contribution is 7.18. The molecule has 0 unspecified atom stereocenters. The van der Waals surface area contributed by atoms with E-state index in [1.807, 2.05) is 4.90 Å². The van der Waals surface area contributed by atoms with Crippen LogP contribution in [0, 0.1) is 11.7 Å². The monoisotopic (exact) mass is 387 g/mol. The van der Waals surface area contributed by atoms with Gasteiger partial charge >= 0.3 is 0 Å². The maximum Gasteiger partial charge on any atom is 0.264 e. The number of amides is 2. The Morgan fingerprint density at radius 2 is 1.78 bits per heavy atom. The lowest BCUT2D eigenvalue weighted by atomic mass is 10.2. The third-order valence-electron chi connectivity index (χ3n) is 4.99. The summed E-state index contributed by atoms with van der Waals surface area (Å²) < 4.78 is 13.1. The lowest BCUT2D eigenvalue weighted by Crippen LogP contribution is -2.34. The molecule has 27 heavy (non-hydrogen) atoms. The molecule has 1 aliphatic heterocycles. The van der Waals surface area contributed by atoms with Gasteiger partial charge < -0.3 is 15.1 Å². The third-order valence-corrected chi connectivity index (χ3v) is 5.97. The number of rotatable bonds is 4. The van der Waals surface area contributed by atoms with Crippen LogP contribution < -0.4 is 10.2 Å². The summed E-state index contributed by atoms with van der Waals surface area (Å²) in [5.74, 6) is -0.0320. The van der Waals surface area contributed by atoms with E-state index in [2.05, 4.69) is 10.2 Å². The summed E-state index contributed by atoms with van der Waals surface area (Å²) in [6.07, 6.45) is 2.78. The van der Waals surface area contributed by atoms with Crippen LogP contribution in [0.15, 0.2) is 36.4 Å². The number of nitrogens with zero attached hydrogens (tertiary/aromatic N) is 2. The van der Waals surface area contributed by atoms with Crippen LogP contribution in [0.1, 0.15) is 28.9 Å². The molecule has 2 aromatic rings. The zero-order valence-electron chi connectivity index (χ0n) is 15.0. The minimum absolute atomic E-state index is 0.00729. The molecule has 142 valence electrons. The van der Waals surface area contributed by atoms with Crippen molar-refractivity contribution in [2.45, 2.75) is 19.3 Å². The molecule has 0 spiro atoms. The number of anilines is 2. The molecule has 2 fully saturated rings. The Kier molecular flexibility index (Phi) is 5.11. The highest BCUT2D eigenvalue weighted by Gasteiger charge is 2.30. The maximum atomic E-state index is 13.1. The fourth-order valence-corrected chi connectivity index (χ4v) is 4.15. The number of thiophene rings is 1. The minimum Gasteiger partial charge on any atom is -0.370 e. The van der Waals surface area contributed by atoms with Gasteiger partial charge in [0.2, 0.25) is 5.91 Å². The number of hydrogen-bond acceptors (Lipinski definition) is 4. The number of halogens is 1. The Bertz CT molecular complexity index is 832. The highest BCUT2D eigenvalue weighted by Crippen LogP contribution is 2.32. The fourth-order valence-electron chi connectivity index (χ4n) is 3.28. The van der Waals surface area contributed by atoms with Crippen LogP contribution in [0.25, 0.3) is 0 Å². The summed E-state index contributed by atoms with van der Waals surface area (Å²) in [4.78, 5) is 29.4. The molecule has 1 aromatic carbocycles. The van der Waals surface area contributed by atoms with Gasteiger partial charge in [0.25, 0.3) is 5.91 Å². The Hall–Kier alpha value is -2.41. The average Bonchev–Trinajstić information content (AvgIpc) is 3.46. The van der Waals surface area contributed by atoms with Crippen LogP contribution in [0.2, 0.25) is 0 Å². The van der Waals surface area contributed by atoms with Gasteiger partial charge in [0, 0.05) is 37.8 Å². The summed E-state index contributed by atoms with van der Waals surface area (Å²) >= 11 is 1.34. The van der Waals surface area contributed by atoms with E-state index in [1.54, 1.807) is 24.3 Å². The minimum atomic E-state index is -0.243. The first kappa shape index (κ1) is 18.0. The van der Waals surface area contributed by atoms with Crippen LogP contribution in [0.5, 0.6) is 0 Å². The molecule has 1 saturated carbocycles. The Balaban J connectivity index is 1.37. The molecule has 2 aliphatic rings. The van der Waals surface area contributed by atoms with E-state index in [0.717, 1.165) is 36.5 Å². The smallest absolute Gasteiger partial charge is 0.264 e. The first-order valence-corrected chi connectivity index (χ1v) is 10.1. The molecule has 1 aromatic heterocycles. The Morgan fingerprint density at radius 3 is 2.52 bits per heavy atom. The highest BCUT2D eigenvalue weighted by atomic mass is 32.1. The molecule has 1 N–H and O–H groups in total. The van der Waals surface area contributed by atoms with Crippen molar-refractivity contribution in [1.29, 1.82) is 0 Å². The molecule has 7 heteroatoms. The third kappa shape index (κ3) is 4.30. The van der Waals surface area contributed by atoms with E-state index in [-0.39, 0.29) is 23.5 Å². The number of carbonyl (C=O) groups is 2. The van der Waals surface area contributed by atoms with E-state index < -0.39 is 0 Å².